The van der Waals surface area contributed by atoms with Crippen molar-refractivity contribution in [2.75, 3.05) is 11.9 Å². The van der Waals surface area contributed by atoms with E-state index in [-0.39, 0.29) is 10.7 Å². The number of hydrogen-bond acceptors (Lipinski definition) is 4. The van der Waals surface area contributed by atoms with Crippen LogP contribution in [0.15, 0.2) is 6.07 Å². The SMILES string of the molecule is CCOC(=O)c1cc(CC)sc1NC(=O)[C@@H](C)Br. The summed E-state index contributed by atoms with van der Waals surface area (Å²) in [5.41, 5.74) is 0.431. The fourth-order valence-electron chi connectivity index (χ4n) is 1.28. The highest BCUT2D eigenvalue weighted by Crippen LogP contribution is 2.29. The molecule has 0 saturated carbocycles. The van der Waals surface area contributed by atoms with Gasteiger partial charge in [-0.25, -0.2) is 4.79 Å². The van der Waals surface area contributed by atoms with Gasteiger partial charge in [-0.2, -0.15) is 0 Å². The van der Waals surface area contributed by atoms with Crippen molar-refractivity contribution in [3.8, 4) is 0 Å². The molecule has 0 spiro atoms. The summed E-state index contributed by atoms with van der Waals surface area (Å²) in [5, 5.41) is 3.29. The van der Waals surface area contributed by atoms with Gasteiger partial charge < -0.3 is 10.1 Å². The highest BCUT2D eigenvalue weighted by atomic mass is 79.9. The van der Waals surface area contributed by atoms with Gasteiger partial charge in [0.05, 0.1) is 17.0 Å². The lowest BCUT2D eigenvalue weighted by Crippen LogP contribution is -2.20. The van der Waals surface area contributed by atoms with Gasteiger partial charge in [0.2, 0.25) is 5.91 Å². The second-order valence-electron chi connectivity index (χ2n) is 3.63. The molecule has 1 N–H and O–H groups in total. The molecule has 1 heterocycles. The Morgan fingerprint density at radius 3 is 2.67 bits per heavy atom. The van der Waals surface area contributed by atoms with Crippen LogP contribution in [0, 0.1) is 0 Å². The first-order valence-corrected chi connectivity index (χ1v) is 7.47. The number of carbonyl (C=O) groups excluding carboxylic acids is 2. The van der Waals surface area contributed by atoms with Crippen LogP contribution in [0.2, 0.25) is 0 Å². The number of anilines is 1. The monoisotopic (exact) mass is 333 g/mol. The van der Waals surface area contributed by atoms with Crippen molar-refractivity contribution in [1.82, 2.24) is 0 Å². The number of rotatable bonds is 5. The molecule has 1 rings (SSSR count). The molecule has 0 unspecified atom stereocenters. The third kappa shape index (κ3) is 3.81. The molecule has 0 radical (unpaired) electrons. The Kier molecular flexibility index (Phi) is 5.81. The molecule has 18 heavy (non-hydrogen) atoms. The van der Waals surface area contributed by atoms with Crippen LogP contribution in [0.25, 0.3) is 0 Å². The molecule has 1 aromatic heterocycles. The molecule has 0 aliphatic rings. The highest BCUT2D eigenvalue weighted by Gasteiger charge is 2.19. The van der Waals surface area contributed by atoms with Gasteiger partial charge in [-0.1, -0.05) is 22.9 Å². The Balaban J connectivity index is 2.98. The Morgan fingerprint density at radius 1 is 1.50 bits per heavy atom. The van der Waals surface area contributed by atoms with Crippen molar-refractivity contribution in [1.29, 1.82) is 0 Å². The number of hydrogen-bond donors (Lipinski definition) is 1. The standard InChI is InChI=1S/C12H16BrNO3S/c1-4-8-6-9(12(16)17-5-2)11(18-8)14-10(15)7(3)13/h6-7H,4-5H2,1-3H3,(H,14,15)/t7-/m1/s1. The lowest BCUT2D eigenvalue weighted by molar-refractivity contribution is -0.115. The molecule has 0 aliphatic carbocycles. The van der Waals surface area contributed by atoms with Crippen molar-refractivity contribution in [3.05, 3.63) is 16.5 Å². The molecule has 4 nitrogen and oxygen atoms in total. The number of alkyl halides is 1. The van der Waals surface area contributed by atoms with Crippen molar-refractivity contribution in [2.45, 2.75) is 32.0 Å². The number of thiophene rings is 1. The fourth-order valence-corrected chi connectivity index (χ4v) is 2.38. The topological polar surface area (TPSA) is 55.4 Å². The van der Waals surface area contributed by atoms with E-state index in [0.717, 1.165) is 11.3 Å². The van der Waals surface area contributed by atoms with Gasteiger partial charge in [0.25, 0.3) is 0 Å². The maximum Gasteiger partial charge on any atom is 0.341 e. The first kappa shape index (κ1) is 15.2. The summed E-state index contributed by atoms with van der Waals surface area (Å²) in [6, 6.07) is 1.77. The third-order valence-corrected chi connectivity index (χ3v) is 3.84. The van der Waals surface area contributed by atoms with Crippen LogP contribution in [-0.4, -0.2) is 23.3 Å². The Hall–Kier alpha value is -0.880. The molecule has 100 valence electrons. The minimum Gasteiger partial charge on any atom is -0.462 e. The summed E-state index contributed by atoms with van der Waals surface area (Å²) in [4.78, 5) is 24.1. The molecule has 1 aromatic rings. The lowest BCUT2D eigenvalue weighted by Gasteiger charge is -2.06. The van der Waals surface area contributed by atoms with E-state index in [9.17, 15) is 9.59 Å². The van der Waals surface area contributed by atoms with Crippen molar-refractivity contribution in [2.24, 2.45) is 0 Å². The fraction of sp³-hybridized carbons (Fsp3) is 0.500. The second-order valence-corrected chi connectivity index (χ2v) is 6.15. The van der Waals surface area contributed by atoms with Crippen LogP contribution in [0.4, 0.5) is 5.00 Å². The van der Waals surface area contributed by atoms with E-state index in [0.29, 0.717) is 17.2 Å². The number of ether oxygens (including phenoxy) is 1. The Bertz CT molecular complexity index is 443. The molecular formula is C12H16BrNO3S. The molecule has 1 amide bonds. The van der Waals surface area contributed by atoms with E-state index in [1.165, 1.54) is 11.3 Å². The van der Waals surface area contributed by atoms with Crippen molar-refractivity contribution in [3.63, 3.8) is 0 Å². The van der Waals surface area contributed by atoms with Crippen LogP contribution < -0.4 is 5.32 Å². The maximum atomic E-state index is 11.8. The number of aryl methyl sites for hydroxylation is 1. The summed E-state index contributed by atoms with van der Waals surface area (Å²) < 4.78 is 4.97. The summed E-state index contributed by atoms with van der Waals surface area (Å²) >= 11 is 4.60. The summed E-state index contributed by atoms with van der Waals surface area (Å²) in [5.74, 6) is -0.573. The van der Waals surface area contributed by atoms with Crippen molar-refractivity contribution >= 4 is 44.1 Å². The van der Waals surface area contributed by atoms with Crippen LogP contribution >= 0.6 is 27.3 Å². The zero-order valence-corrected chi connectivity index (χ0v) is 13.0. The van der Waals surface area contributed by atoms with Crippen LogP contribution in [0.1, 0.15) is 36.0 Å². The van der Waals surface area contributed by atoms with E-state index in [2.05, 4.69) is 21.2 Å². The molecule has 1 atom stereocenters. The zero-order valence-electron chi connectivity index (χ0n) is 10.6. The minimum absolute atomic E-state index is 0.176. The Morgan fingerprint density at radius 2 is 2.17 bits per heavy atom. The van der Waals surface area contributed by atoms with Gasteiger partial charge in [-0.05, 0) is 26.3 Å². The third-order valence-electron chi connectivity index (χ3n) is 2.22. The number of amides is 1. The van der Waals surface area contributed by atoms with Gasteiger partial charge in [-0.3, -0.25) is 4.79 Å². The number of nitrogens with one attached hydrogen (secondary N) is 1. The van der Waals surface area contributed by atoms with Gasteiger partial charge in [0.1, 0.15) is 5.00 Å². The molecule has 0 saturated heterocycles. The lowest BCUT2D eigenvalue weighted by atomic mass is 10.2. The predicted molar refractivity (Wildman–Crippen MR) is 76.7 cm³/mol. The van der Waals surface area contributed by atoms with Gasteiger partial charge in [-0.15, -0.1) is 11.3 Å². The van der Waals surface area contributed by atoms with Crippen LogP contribution in [0.3, 0.4) is 0 Å². The number of esters is 1. The van der Waals surface area contributed by atoms with Gasteiger partial charge >= 0.3 is 5.97 Å². The summed E-state index contributed by atoms with van der Waals surface area (Å²) in [6.45, 7) is 5.80. The molecule has 0 fully saturated rings. The average molecular weight is 334 g/mol. The second kappa shape index (κ2) is 6.89. The molecule has 0 bridgehead atoms. The molecule has 0 aromatic carbocycles. The van der Waals surface area contributed by atoms with Gasteiger partial charge in [0, 0.05) is 4.88 Å². The largest absolute Gasteiger partial charge is 0.462 e. The quantitative estimate of drug-likeness (QED) is 0.664. The maximum absolute atomic E-state index is 11.8. The zero-order chi connectivity index (χ0) is 13.7. The van der Waals surface area contributed by atoms with Crippen LogP contribution in [0.5, 0.6) is 0 Å². The van der Waals surface area contributed by atoms with E-state index >= 15 is 0 Å². The molecule has 6 heteroatoms. The molecular weight excluding hydrogens is 318 g/mol. The number of carbonyl (C=O) groups is 2. The summed E-state index contributed by atoms with van der Waals surface area (Å²) in [7, 11) is 0. The smallest absolute Gasteiger partial charge is 0.341 e. The van der Waals surface area contributed by atoms with E-state index in [4.69, 9.17) is 4.74 Å². The predicted octanol–water partition coefficient (Wildman–Crippen LogP) is 3.21. The first-order chi connectivity index (χ1) is 8.49. The van der Waals surface area contributed by atoms with E-state index in [1.54, 1.807) is 19.9 Å². The summed E-state index contributed by atoms with van der Waals surface area (Å²) in [6.07, 6.45) is 0.816. The molecule has 0 aliphatic heterocycles. The van der Waals surface area contributed by atoms with Crippen molar-refractivity contribution < 1.29 is 14.3 Å². The van der Waals surface area contributed by atoms with E-state index < -0.39 is 5.97 Å². The van der Waals surface area contributed by atoms with Gasteiger partial charge in [0.15, 0.2) is 0 Å². The minimum atomic E-state index is -0.397. The number of halogens is 1. The highest BCUT2D eigenvalue weighted by molar-refractivity contribution is 9.10. The van der Waals surface area contributed by atoms with E-state index in [1.807, 2.05) is 6.92 Å². The Labute approximate surface area is 119 Å². The first-order valence-electron chi connectivity index (χ1n) is 5.74. The van der Waals surface area contributed by atoms with Crippen LogP contribution in [-0.2, 0) is 16.0 Å². The average Bonchev–Trinajstić information content (AvgIpc) is 2.72. The normalized spacial score (nSPS) is 12.0.